The van der Waals surface area contributed by atoms with Crippen molar-refractivity contribution < 1.29 is 9.59 Å². The zero-order chi connectivity index (χ0) is 28.2. The number of halogens is 2. The van der Waals surface area contributed by atoms with E-state index in [0.29, 0.717) is 50.0 Å². The number of nitrogens with two attached hydrogens (primary N) is 1. The maximum Gasteiger partial charge on any atom is 0.234 e. The minimum Gasteiger partial charge on any atom is -0.384 e. The number of Topliss-reactive ketones (excluding diaryl/α,β-unsaturated/α-hetero) is 1. The highest BCUT2D eigenvalue weighted by molar-refractivity contribution is 8.01. The predicted octanol–water partition coefficient (Wildman–Crippen LogP) is 6.43. The van der Waals surface area contributed by atoms with Gasteiger partial charge in [0.25, 0.3) is 0 Å². The van der Waals surface area contributed by atoms with Gasteiger partial charge < -0.3 is 11.1 Å². The molecule has 2 aromatic carbocycles. The van der Waals surface area contributed by atoms with Crippen molar-refractivity contribution in [2.45, 2.75) is 23.6 Å². The molecule has 2 aliphatic rings. The number of rotatable bonds is 7. The number of benzene rings is 2. The maximum atomic E-state index is 13.2. The van der Waals surface area contributed by atoms with Gasteiger partial charge in [-0.25, -0.2) is 0 Å². The molecule has 3 aromatic rings. The molecule has 2 heterocycles. The second kappa shape index (κ2) is 12.3. The Morgan fingerprint density at radius 3 is 2.77 bits per heavy atom. The molecule has 1 aliphatic heterocycles. The lowest BCUT2D eigenvalue weighted by atomic mass is 9.79. The van der Waals surface area contributed by atoms with Gasteiger partial charge in [0, 0.05) is 28.6 Å². The van der Waals surface area contributed by atoms with E-state index >= 15 is 0 Å². The quantitative estimate of drug-likeness (QED) is 0.294. The van der Waals surface area contributed by atoms with Crippen molar-refractivity contribution in [3.8, 4) is 6.07 Å². The van der Waals surface area contributed by atoms with Crippen molar-refractivity contribution in [2.24, 2.45) is 11.7 Å². The average molecular weight is 610 g/mol. The number of nitriles is 1. The summed E-state index contributed by atoms with van der Waals surface area (Å²) in [6, 6.07) is 16.7. The van der Waals surface area contributed by atoms with Crippen molar-refractivity contribution >= 4 is 74.9 Å². The number of carbonyl (C=O) groups excluding carboxylic acids is 2. The summed E-state index contributed by atoms with van der Waals surface area (Å²) in [5.74, 6) is -0.533. The molecular weight excluding hydrogens is 587 g/mol. The van der Waals surface area contributed by atoms with Crippen LogP contribution in [-0.4, -0.2) is 27.6 Å². The smallest absolute Gasteiger partial charge is 0.234 e. The highest BCUT2D eigenvalue weighted by Gasteiger charge is 2.39. The minimum atomic E-state index is -0.547. The van der Waals surface area contributed by atoms with E-state index in [0.717, 1.165) is 11.3 Å². The summed E-state index contributed by atoms with van der Waals surface area (Å²) < 4.78 is 0.536. The number of anilines is 2. The van der Waals surface area contributed by atoms with Crippen LogP contribution in [0.15, 0.2) is 81.6 Å². The van der Waals surface area contributed by atoms with E-state index in [-0.39, 0.29) is 28.8 Å². The molecule has 0 saturated heterocycles. The Bertz CT molecular complexity index is 1610. The van der Waals surface area contributed by atoms with Gasteiger partial charge in [0.2, 0.25) is 11.0 Å². The summed E-state index contributed by atoms with van der Waals surface area (Å²) in [5.41, 5.74) is 9.57. The summed E-state index contributed by atoms with van der Waals surface area (Å²) in [6.45, 7) is 0. The van der Waals surface area contributed by atoms with Crippen LogP contribution >= 0.6 is 46.3 Å². The topological polar surface area (TPSA) is 125 Å². The first-order chi connectivity index (χ1) is 19.4. The van der Waals surface area contributed by atoms with E-state index in [9.17, 15) is 14.9 Å². The number of ketones is 1. The molecule has 3 N–H and O–H groups in total. The van der Waals surface area contributed by atoms with Crippen LogP contribution < -0.4 is 16.0 Å². The van der Waals surface area contributed by atoms with Crippen LogP contribution in [0.4, 0.5) is 10.8 Å². The Kier molecular flexibility index (Phi) is 8.57. The van der Waals surface area contributed by atoms with Gasteiger partial charge in [0.15, 0.2) is 10.1 Å². The van der Waals surface area contributed by atoms with Crippen LogP contribution in [0.25, 0.3) is 6.08 Å². The lowest BCUT2D eigenvalue weighted by Crippen LogP contribution is -2.39. The number of hydrogen-bond donors (Lipinski definition) is 2. The van der Waals surface area contributed by atoms with Crippen molar-refractivity contribution in [1.29, 1.82) is 5.26 Å². The van der Waals surface area contributed by atoms with Crippen molar-refractivity contribution in [2.75, 3.05) is 16.0 Å². The molecule has 40 heavy (non-hydrogen) atoms. The fourth-order valence-corrected chi connectivity index (χ4v) is 6.70. The second-order valence-corrected chi connectivity index (χ2v) is 12.0. The number of carbonyl (C=O) groups is 2. The molecule has 1 amide bonds. The Balaban J connectivity index is 1.38. The third kappa shape index (κ3) is 5.93. The first kappa shape index (κ1) is 27.9. The second-order valence-electron chi connectivity index (χ2n) is 8.94. The molecule has 0 spiro atoms. The van der Waals surface area contributed by atoms with Gasteiger partial charge in [0.1, 0.15) is 5.82 Å². The van der Waals surface area contributed by atoms with Gasteiger partial charge in [0.05, 0.1) is 28.1 Å². The number of thioether (sulfide) groups is 1. The van der Waals surface area contributed by atoms with E-state index in [1.54, 1.807) is 23.1 Å². The average Bonchev–Trinajstić information content (AvgIpc) is 3.41. The number of aromatic nitrogens is 2. The van der Waals surface area contributed by atoms with Crippen LogP contribution in [0.1, 0.15) is 24.8 Å². The van der Waals surface area contributed by atoms with Gasteiger partial charge in [-0.3, -0.25) is 14.5 Å². The molecular formula is C28H22Cl2N6O2S2. The molecule has 1 aromatic heterocycles. The summed E-state index contributed by atoms with van der Waals surface area (Å²) in [7, 11) is 0. The largest absolute Gasteiger partial charge is 0.384 e. The fourth-order valence-electron chi connectivity index (χ4n) is 4.57. The van der Waals surface area contributed by atoms with Crippen LogP contribution in [-0.2, 0) is 9.59 Å². The van der Waals surface area contributed by atoms with Crippen molar-refractivity contribution in [3.63, 3.8) is 0 Å². The van der Waals surface area contributed by atoms with E-state index in [1.807, 2.05) is 42.5 Å². The highest BCUT2D eigenvalue weighted by atomic mass is 35.5. The monoisotopic (exact) mass is 608 g/mol. The Hall–Kier alpha value is -3.62. The van der Waals surface area contributed by atoms with E-state index in [2.05, 4.69) is 21.6 Å². The summed E-state index contributed by atoms with van der Waals surface area (Å²) in [5, 5.41) is 22.6. The fraction of sp³-hybridized carbons (Fsp3) is 0.179. The molecule has 0 saturated carbocycles. The van der Waals surface area contributed by atoms with Crippen molar-refractivity contribution in [3.05, 3.63) is 92.9 Å². The lowest BCUT2D eigenvalue weighted by molar-refractivity contribution is -0.116. The first-order valence-electron chi connectivity index (χ1n) is 12.3. The Labute approximate surface area is 249 Å². The summed E-state index contributed by atoms with van der Waals surface area (Å²) >= 11 is 14.5. The molecule has 8 nitrogen and oxygen atoms in total. The lowest BCUT2D eigenvalue weighted by Gasteiger charge is -2.37. The van der Waals surface area contributed by atoms with E-state index < -0.39 is 5.92 Å². The molecule has 12 heteroatoms. The number of amides is 1. The summed E-state index contributed by atoms with van der Waals surface area (Å²) in [6.07, 6.45) is 5.46. The number of nitrogens with zero attached hydrogens (tertiary/aromatic N) is 4. The van der Waals surface area contributed by atoms with Crippen LogP contribution in [0.5, 0.6) is 0 Å². The third-order valence-corrected chi connectivity index (χ3v) is 8.95. The predicted molar refractivity (Wildman–Crippen MR) is 160 cm³/mol. The molecule has 202 valence electrons. The van der Waals surface area contributed by atoms with Gasteiger partial charge in [-0.05, 0) is 36.6 Å². The molecule has 0 fully saturated rings. The number of allylic oxidation sites excluding steroid dienone is 4. The molecule has 1 atom stereocenters. The summed E-state index contributed by atoms with van der Waals surface area (Å²) in [4.78, 5) is 27.4. The molecule has 0 radical (unpaired) electrons. The van der Waals surface area contributed by atoms with Crippen LogP contribution in [0, 0.1) is 17.2 Å². The standard InChI is InChI=1S/C28H22Cl2N6O2S2/c29-17-10-12-21(20(30)13-17)33-24(38)15-39-28-35-34-27(40-28)36-22-7-4-8-23(37)25(22)18(19(14-31)26(36)32)11-9-16-5-2-1-3-6-16/h1-3,5-6,9-13,18H,4,7-8,15,32H2,(H,33,38)/b11-9+. The van der Waals surface area contributed by atoms with E-state index in [1.165, 1.54) is 23.1 Å². The normalized spacial score (nSPS) is 17.3. The SMILES string of the molecule is N#CC1=C(N)N(c2nnc(SCC(=O)Nc3ccc(Cl)cc3Cl)s2)C2=C(C(=O)CCC2)C1/C=C/c1ccccc1. The van der Waals surface area contributed by atoms with Gasteiger partial charge in [-0.1, -0.05) is 88.8 Å². The first-order valence-corrected chi connectivity index (χ1v) is 14.8. The van der Waals surface area contributed by atoms with Gasteiger partial charge in [-0.2, -0.15) is 5.26 Å². The Morgan fingerprint density at radius 2 is 2.02 bits per heavy atom. The van der Waals surface area contributed by atoms with Gasteiger partial charge in [-0.15, -0.1) is 10.2 Å². The van der Waals surface area contributed by atoms with Crippen molar-refractivity contribution in [1.82, 2.24) is 10.2 Å². The molecule has 1 unspecified atom stereocenters. The molecule has 5 rings (SSSR count). The maximum absolute atomic E-state index is 13.2. The van der Waals surface area contributed by atoms with E-state index in [4.69, 9.17) is 28.9 Å². The number of hydrogen-bond acceptors (Lipinski definition) is 9. The zero-order valence-corrected chi connectivity index (χ0v) is 24.1. The molecule has 1 aliphatic carbocycles. The highest BCUT2D eigenvalue weighted by Crippen LogP contribution is 2.44. The number of nitrogens with one attached hydrogen (secondary N) is 1. The third-order valence-electron chi connectivity index (χ3n) is 6.36. The zero-order valence-electron chi connectivity index (χ0n) is 20.9. The molecule has 0 bridgehead atoms. The van der Waals surface area contributed by atoms with Gasteiger partial charge >= 0.3 is 0 Å². The van der Waals surface area contributed by atoms with Crippen LogP contribution in [0.2, 0.25) is 10.0 Å². The van der Waals surface area contributed by atoms with Crippen LogP contribution in [0.3, 0.4) is 0 Å². The Morgan fingerprint density at radius 1 is 1.23 bits per heavy atom. The minimum absolute atomic E-state index is 0.00847.